The molecule has 6 heteroatoms. The number of aromatic nitrogens is 1. The van der Waals surface area contributed by atoms with Gasteiger partial charge in [0, 0.05) is 36.5 Å². The van der Waals surface area contributed by atoms with E-state index in [1.165, 1.54) is 12.5 Å². The number of halogens is 2. The van der Waals surface area contributed by atoms with Crippen LogP contribution in [0.1, 0.15) is 30.9 Å². The summed E-state index contributed by atoms with van der Waals surface area (Å²) < 4.78 is 26.7. The molecule has 2 N–H and O–H groups in total. The van der Waals surface area contributed by atoms with Gasteiger partial charge in [-0.05, 0) is 49.1 Å². The number of pyridine rings is 1. The molecule has 138 valence electrons. The van der Waals surface area contributed by atoms with Gasteiger partial charge in [-0.15, -0.1) is 0 Å². The Labute approximate surface area is 152 Å². The second kappa shape index (κ2) is 7.40. The quantitative estimate of drug-likeness (QED) is 0.850. The number of carbonyl (C=O) groups excluding carboxylic acids is 1. The second-order valence-corrected chi connectivity index (χ2v) is 6.69. The van der Waals surface area contributed by atoms with Crippen molar-refractivity contribution >= 4 is 11.6 Å². The molecule has 1 aromatic carbocycles. The number of carbonyl (C=O) groups is 1. The average molecular weight is 359 g/mol. The maximum Gasteiger partial charge on any atom is 0.324 e. The van der Waals surface area contributed by atoms with Gasteiger partial charge in [-0.3, -0.25) is 9.78 Å². The summed E-state index contributed by atoms with van der Waals surface area (Å²) in [4.78, 5) is 16.0. The molecule has 0 aliphatic carbocycles. The van der Waals surface area contributed by atoms with Gasteiger partial charge in [0.15, 0.2) is 0 Å². The number of amides is 1. The van der Waals surface area contributed by atoms with Crippen molar-refractivity contribution in [3.05, 3.63) is 47.7 Å². The molecule has 1 unspecified atom stereocenters. The Bertz CT molecular complexity index is 807. The van der Waals surface area contributed by atoms with Crippen molar-refractivity contribution in [2.75, 3.05) is 11.9 Å². The number of hydrogen-bond acceptors (Lipinski definition) is 3. The van der Waals surface area contributed by atoms with Crippen molar-refractivity contribution < 1.29 is 13.6 Å². The van der Waals surface area contributed by atoms with Gasteiger partial charge in [0.25, 0.3) is 5.91 Å². The van der Waals surface area contributed by atoms with Gasteiger partial charge >= 0.3 is 5.92 Å². The first-order chi connectivity index (χ1) is 12.4. The van der Waals surface area contributed by atoms with Gasteiger partial charge in [0.05, 0.1) is 5.69 Å². The minimum absolute atomic E-state index is 0.0541. The zero-order chi connectivity index (χ0) is 18.7. The van der Waals surface area contributed by atoms with Crippen molar-refractivity contribution in [1.29, 1.82) is 0 Å². The van der Waals surface area contributed by atoms with Crippen LogP contribution in [0.25, 0.3) is 11.3 Å². The number of hydrogen-bond donors (Lipinski definition) is 2. The van der Waals surface area contributed by atoms with Crippen LogP contribution in [0, 0.1) is 6.92 Å². The fourth-order valence-electron chi connectivity index (χ4n) is 3.16. The van der Waals surface area contributed by atoms with Crippen LogP contribution in [0.4, 0.5) is 14.5 Å². The van der Waals surface area contributed by atoms with Gasteiger partial charge in [-0.25, -0.2) is 0 Å². The van der Waals surface area contributed by atoms with Gasteiger partial charge in [0.1, 0.15) is 0 Å². The molecule has 26 heavy (non-hydrogen) atoms. The van der Waals surface area contributed by atoms with Crippen molar-refractivity contribution in [3.63, 3.8) is 0 Å². The van der Waals surface area contributed by atoms with Crippen molar-refractivity contribution in [2.24, 2.45) is 0 Å². The Morgan fingerprint density at radius 2 is 2.19 bits per heavy atom. The van der Waals surface area contributed by atoms with E-state index in [2.05, 4.69) is 21.7 Å². The van der Waals surface area contributed by atoms with E-state index in [0.29, 0.717) is 0 Å². The normalized spacial score (nSPS) is 16.5. The van der Waals surface area contributed by atoms with Crippen LogP contribution >= 0.6 is 0 Å². The molecular weight excluding hydrogens is 336 g/mol. The smallest absolute Gasteiger partial charge is 0.324 e. The Hall–Kier alpha value is -2.50. The van der Waals surface area contributed by atoms with Gasteiger partial charge in [-0.1, -0.05) is 19.1 Å². The molecule has 1 atom stereocenters. The second-order valence-electron chi connectivity index (χ2n) is 6.69. The lowest BCUT2D eigenvalue weighted by molar-refractivity contribution is -0.145. The third-order valence-corrected chi connectivity index (χ3v) is 4.80. The number of nitrogens with zero attached hydrogens (tertiary/aromatic N) is 1. The number of aryl methyl sites for hydroxylation is 2. The number of rotatable bonds is 5. The van der Waals surface area contributed by atoms with Gasteiger partial charge in [0.2, 0.25) is 0 Å². The minimum atomic E-state index is -3.30. The van der Waals surface area contributed by atoms with E-state index >= 15 is 0 Å². The molecule has 2 aromatic rings. The molecular formula is C20H23F2N3O. The summed E-state index contributed by atoms with van der Waals surface area (Å²) in [6.45, 7) is 3.52. The Morgan fingerprint density at radius 1 is 1.38 bits per heavy atom. The van der Waals surface area contributed by atoms with Crippen LogP contribution in [0.15, 0.2) is 36.5 Å². The van der Waals surface area contributed by atoms with E-state index in [-0.39, 0.29) is 12.6 Å². The monoisotopic (exact) mass is 359 g/mol. The largest absolute Gasteiger partial charge is 0.380 e. The summed E-state index contributed by atoms with van der Waals surface area (Å²) in [6.07, 6.45) is 2.89. The van der Waals surface area contributed by atoms with E-state index in [1.807, 2.05) is 31.2 Å². The standard InChI is InChI=1S/C20H23F2N3O/c1-3-20(21,22)19(26)24-12-16-8-6-14-11-15(7-9-17(14)25-16)18-13(2)5-4-10-23-18/h4-5,7,9-11,16,25H,3,6,8,12H2,1-2H3,(H,24,26). The summed E-state index contributed by atoms with van der Waals surface area (Å²) in [6, 6.07) is 10.0. The molecule has 1 amide bonds. The molecule has 0 saturated carbocycles. The van der Waals surface area contributed by atoms with Crippen LogP contribution in [0.2, 0.25) is 0 Å². The Morgan fingerprint density at radius 3 is 2.92 bits per heavy atom. The summed E-state index contributed by atoms with van der Waals surface area (Å²) in [5, 5.41) is 5.69. The summed E-state index contributed by atoms with van der Waals surface area (Å²) in [7, 11) is 0. The first-order valence-electron chi connectivity index (χ1n) is 8.88. The molecule has 0 saturated heterocycles. The molecule has 1 aromatic heterocycles. The first kappa shape index (κ1) is 18.3. The van der Waals surface area contributed by atoms with Crippen LogP contribution in [0.3, 0.4) is 0 Å². The van der Waals surface area contributed by atoms with Gasteiger partial charge in [-0.2, -0.15) is 8.78 Å². The Balaban J connectivity index is 1.67. The molecule has 4 nitrogen and oxygen atoms in total. The fourth-order valence-corrected chi connectivity index (χ4v) is 3.16. The molecule has 1 aliphatic heterocycles. The van der Waals surface area contributed by atoms with Crippen LogP contribution in [-0.4, -0.2) is 29.4 Å². The molecule has 3 rings (SSSR count). The number of nitrogens with one attached hydrogen (secondary N) is 2. The SMILES string of the molecule is CCC(F)(F)C(=O)NCC1CCc2cc(-c3ncccc3C)ccc2N1. The number of fused-ring (bicyclic) bond motifs is 1. The average Bonchev–Trinajstić information content (AvgIpc) is 2.65. The lowest BCUT2D eigenvalue weighted by atomic mass is 9.94. The lowest BCUT2D eigenvalue weighted by Gasteiger charge is -2.28. The summed E-state index contributed by atoms with van der Waals surface area (Å²) >= 11 is 0. The highest BCUT2D eigenvalue weighted by Crippen LogP contribution is 2.30. The maximum atomic E-state index is 13.3. The van der Waals surface area contributed by atoms with Crippen molar-refractivity contribution in [3.8, 4) is 11.3 Å². The third-order valence-electron chi connectivity index (χ3n) is 4.80. The predicted octanol–water partition coefficient (Wildman–Crippen LogP) is 3.95. The third kappa shape index (κ3) is 3.84. The zero-order valence-corrected chi connectivity index (χ0v) is 15.0. The molecule has 0 fully saturated rings. The molecule has 2 heterocycles. The zero-order valence-electron chi connectivity index (χ0n) is 15.0. The molecule has 0 radical (unpaired) electrons. The molecule has 0 bridgehead atoms. The van der Waals surface area contributed by atoms with Gasteiger partial charge < -0.3 is 10.6 Å². The maximum absolute atomic E-state index is 13.3. The Kier molecular flexibility index (Phi) is 5.20. The summed E-state index contributed by atoms with van der Waals surface area (Å²) in [5.74, 6) is -4.50. The minimum Gasteiger partial charge on any atom is -0.380 e. The molecule has 1 aliphatic rings. The predicted molar refractivity (Wildman–Crippen MR) is 98.4 cm³/mol. The lowest BCUT2D eigenvalue weighted by Crippen LogP contribution is -2.45. The van der Waals surface area contributed by atoms with E-state index in [0.717, 1.165) is 35.3 Å². The van der Waals surface area contributed by atoms with Crippen molar-refractivity contribution in [2.45, 2.75) is 45.1 Å². The van der Waals surface area contributed by atoms with E-state index in [9.17, 15) is 13.6 Å². The van der Waals surface area contributed by atoms with Crippen LogP contribution in [-0.2, 0) is 11.2 Å². The highest BCUT2D eigenvalue weighted by Gasteiger charge is 2.36. The topological polar surface area (TPSA) is 54.0 Å². The van der Waals surface area contributed by atoms with Crippen molar-refractivity contribution in [1.82, 2.24) is 10.3 Å². The van der Waals surface area contributed by atoms with E-state index < -0.39 is 18.3 Å². The highest BCUT2D eigenvalue weighted by molar-refractivity contribution is 5.83. The molecule has 0 spiro atoms. The fraction of sp³-hybridized carbons (Fsp3) is 0.400. The van der Waals surface area contributed by atoms with E-state index in [1.54, 1.807) is 6.20 Å². The first-order valence-corrected chi connectivity index (χ1v) is 8.88. The van der Waals surface area contributed by atoms with E-state index in [4.69, 9.17) is 0 Å². The number of benzene rings is 1. The number of alkyl halides is 2. The summed E-state index contributed by atoms with van der Waals surface area (Å²) in [5.41, 5.74) is 5.31. The number of anilines is 1. The van der Waals surface area contributed by atoms with Crippen LogP contribution in [0.5, 0.6) is 0 Å². The highest BCUT2D eigenvalue weighted by atomic mass is 19.3. The van der Waals surface area contributed by atoms with Crippen LogP contribution < -0.4 is 10.6 Å².